The Balaban J connectivity index is 1.52. The van der Waals surface area contributed by atoms with Crippen molar-refractivity contribution >= 4 is 17.7 Å². The van der Waals surface area contributed by atoms with E-state index in [-0.39, 0.29) is 12.5 Å². The molecule has 1 aliphatic rings. The molecule has 3 aromatic rings. The molecule has 0 saturated heterocycles. The van der Waals surface area contributed by atoms with Gasteiger partial charge in [0.2, 0.25) is 0 Å². The third-order valence-electron chi connectivity index (χ3n) is 4.89. The number of rotatable bonds is 4. The zero-order chi connectivity index (χ0) is 20.5. The van der Waals surface area contributed by atoms with Gasteiger partial charge in [-0.2, -0.15) is 0 Å². The van der Waals surface area contributed by atoms with Crippen molar-refractivity contribution < 1.29 is 28.2 Å². The number of fused-ring (bicyclic) bond motifs is 3. The van der Waals surface area contributed by atoms with Crippen LogP contribution < -0.4 is 5.32 Å². The van der Waals surface area contributed by atoms with Crippen LogP contribution in [-0.2, 0) is 4.74 Å². The van der Waals surface area contributed by atoms with E-state index < -0.39 is 34.9 Å². The monoisotopic (exact) mass is 395 g/mol. The summed E-state index contributed by atoms with van der Waals surface area (Å²) in [5.41, 5.74) is 2.55. The number of anilines is 1. The number of halogens is 2. The Morgan fingerprint density at radius 3 is 2.10 bits per heavy atom. The second-order valence-electron chi connectivity index (χ2n) is 6.54. The van der Waals surface area contributed by atoms with Gasteiger partial charge in [-0.3, -0.25) is 5.32 Å². The van der Waals surface area contributed by atoms with Crippen molar-refractivity contribution in [1.82, 2.24) is 0 Å². The molecule has 0 atom stereocenters. The minimum absolute atomic E-state index is 0.00839. The van der Waals surface area contributed by atoms with Crippen LogP contribution in [0.5, 0.6) is 0 Å². The normalized spacial score (nSPS) is 12.2. The molecule has 0 bridgehead atoms. The summed E-state index contributed by atoms with van der Waals surface area (Å²) in [6.07, 6.45) is -0.964. The van der Waals surface area contributed by atoms with Gasteiger partial charge in [-0.05, 0) is 34.4 Å². The average Bonchev–Trinajstić information content (AvgIpc) is 3.02. The van der Waals surface area contributed by atoms with Crippen molar-refractivity contribution in [2.45, 2.75) is 5.92 Å². The predicted octanol–water partition coefficient (Wildman–Crippen LogP) is 5.02. The van der Waals surface area contributed by atoms with Crippen LogP contribution in [0.15, 0.2) is 60.7 Å². The summed E-state index contributed by atoms with van der Waals surface area (Å²) in [5.74, 6) is -4.55. The predicted molar refractivity (Wildman–Crippen MR) is 102 cm³/mol. The maximum absolute atomic E-state index is 14.2. The van der Waals surface area contributed by atoms with Crippen LogP contribution in [0, 0.1) is 11.6 Å². The first-order valence-electron chi connectivity index (χ1n) is 8.80. The zero-order valence-electron chi connectivity index (χ0n) is 15.0. The lowest BCUT2D eigenvalue weighted by Gasteiger charge is -2.15. The fourth-order valence-corrected chi connectivity index (χ4v) is 3.59. The van der Waals surface area contributed by atoms with Crippen LogP contribution in [-0.4, -0.2) is 23.8 Å². The summed E-state index contributed by atoms with van der Waals surface area (Å²) >= 11 is 0. The Morgan fingerprint density at radius 2 is 1.52 bits per heavy atom. The van der Waals surface area contributed by atoms with Crippen molar-refractivity contribution in [3.05, 3.63) is 89.0 Å². The topological polar surface area (TPSA) is 75.6 Å². The van der Waals surface area contributed by atoms with Gasteiger partial charge in [0, 0.05) is 5.92 Å². The molecule has 146 valence electrons. The molecule has 0 heterocycles. The van der Waals surface area contributed by atoms with Crippen molar-refractivity contribution in [1.29, 1.82) is 0 Å². The number of hydrogen-bond donors (Lipinski definition) is 2. The molecule has 0 unspecified atom stereocenters. The lowest BCUT2D eigenvalue weighted by atomic mass is 9.98. The molecular weight excluding hydrogens is 380 g/mol. The fourth-order valence-electron chi connectivity index (χ4n) is 3.59. The first-order valence-corrected chi connectivity index (χ1v) is 8.80. The van der Waals surface area contributed by atoms with Crippen LogP contribution in [0.1, 0.15) is 27.4 Å². The highest BCUT2D eigenvalue weighted by molar-refractivity contribution is 5.92. The molecule has 5 nitrogen and oxygen atoms in total. The highest BCUT2D eigenvalue weighted by Crippen LogP contribution is 2.44. The molecule has 0 saturated carbocycles. The molecule has 0 radical (unpaired) electrons. The zero-order valence-corrected chi connectivity index (χ0v) is 15.0. The molecular formula is C22H15F2NO4. The molecule has 3 aromatic carbocycles. The van der Waals surface area contributed by atoms with E-state index in [1.165, 1.54) is 0 Å². The van der Waals surface area contributed by atoms with E-state index in [1.54, 1.807) is 0 Å². The van der Waals surface area contributed by atoms with Gasteiger partial charge in [-0.1, -0.05) is 48.5 Å². The van der Waals surface area contributed by atoms with Crippen LogP contribution in [0.4, 0.5) is 19.3 Å². The van der Waals surface area contributed by atoms with Crippen LogP contribution >= 0.6 is 0 Å². The molecule has 0 fully saturated rings. The van der Waals surface area contributed by atoms with Crippen LogP contribution in [0.3, 0.4) is 0 Å². The van der Waals surface area contributed by atoms with Gasteiger partial charge < -0.3 is 9.84 Å². The molecule has 2 N–H and O–H groups in total. The first-order chi connectivity index (χ1) is 14.0. The van der Waals surface area contributed by atoms with Crippen molar-refractivity contribution in [3.8, 4) is 11.1 Å². The maximum atomic E-state index is 14.2. The van der Waals surface area contributed by atoms with E-state index in [0.29, 0.717) is 0 Å². The summed E-state index contributed by atoms with van der Waals surface area (Å²) in [7, 11) is 0. The van der Waals surface area contributed by atoms with Gasteiger partial charge in [-0.15, -0.1) is 0 Å². The summed E-state index contributed by atoms with van der Waals surface area (Å²) in [6.45, 7) is 0.00839. The van der Waals surface area contributed by atoms with Gasteiger partial charge in [-0.25, -0.2) is 18.4 Å². The number of carbonyl (C=O) groups is 2. The Hall–Kier alpha value is -3.74. The second kappa shape index (κ2) is 7.35. The molecule has 0 aromatic heterocycles. The molecule has 1 amide bonds. The number of carboxylic acids is 1. The van der Waals surface area contributed by atoms with E-state index in [1.807, 2.05) is 48.5 Å². The maximum Gasteiger partial charge on any atom is 0.411 e. The largest absolute Gasteiger partial charge is 0.477 e. The number of ether oxygens (including phenoxy) is 1. The lowest BCUT2D eigenvalue weighted by Crippen LogP contribution is -2.19. The van der Waals surface area contributed by atoms with Gasteiger partial charge in [0.25, 0.3) is 0 Å². The van der Waals surface area contributed by atoms with E-state index in [9.17, 15) is 18.4 Å². The van der Waals surface area contributed by atoms with Crippen molar-refractivity contribution in [2.24, 2.45) is 0 Å². The van der Waals surface area contributed by atoms with Gasteiger partial charge in [0.15, 0.2) is 5.82 Å². The number of carboxylic acid groups (broad SMARTS) is 1. The highest BCUT2D eigenvalue weighted by atomic mass is 19.1. The van der Waals surface area contributed by atoms with Crippen molar-refractivity contribution in [3.63, 3.8) is 0 Å². The third-order valence-corrected chi connectivity index (χ3v) is 4.89. The number of amides is 1. The minimum atomic E-state index is -1.77. The molecule has 0 spiro atoms. The van der Waals surface area contributed by atoms with E-state index in [2.05, 4.69) is 5.32 Å². The molecule has 4 rings (SSSR count). The fraction of sp³-hybridized carbons (Fsp3) is 0.0909. The molecule has 29 heavy (non-hydrogen) atoms. The van der Waals surface area contributed by atoms with E-state index in [4.69, 9.17) is 9.84 Å². The molecule has 1 aliphatic carbocycles. The second-order valence-corrected chi connectivity index (χ2v) is 6.54. The summed E-state index contributed by atoms with van der Waals surface area (Å²) < 4.78 is 32.9. The smallest absolute Gasteiger partial charge is 0.411 e. The summed E-state index contributed by atoms with van der Waals surface area (Å²) in [5, 5.41) is 11.1. The highest BCUT2D eigenvalue weighted by Gasteiger charge is 2.29. The average molecular weight is 395 g/mol. The molecule has 0 aliphatic heterocycles. The minimum Gasteiger partial charge on any atom is -0.477 e. The number of hydrogen-bond acceptors (Lipinski definition) is 3. The quantitative estimate of drug-likeness (QED) is 0.650. The van der Waals surface area contributed by atoms with Crippen molar-refractivity contribution in [2.75, 3.05) is 11.9 Å². The number of carbonyl (C=O) groups excluding carboxylic acids is 1. The lowest BCUT2D eigenvalue weighted by molar-refractivity contribution is 0.0686. The van der Waals surface area contributed by atoms with Gasteiger partial charge >= 0.3 is 12.1 Å². The van der Waals surface area contributed by atoms with Crippen LogP contribution in [0.25, 0.3) is 11.1 Å². The van der Waals surface area contributed by atoms with Gasteiger partial charge in [0.05, 0.1) is 5.69 Å². The van der Waals surface area contributed by atoms with E-state index in [0.717, 1.165) is 34.4 Å². The first kappa shape index (κ1) is 18.6. The summed E-state index contributed by atoms with van der Waals surface area (Å²) in [6, 6.07) is 17.3. The Bertz CT molecular complexity index is 1080. The Kier molecular flexibility index (Phi) is 4.72. The number of benzene rings is 3. The SMILES string of the molecule is O=C(Nc1ccc(F)c(C(=O)O)c1F)OCC1c2ccccc2-c2ccccc21. The number of aromatic carboxylic acids is 1. The van der Waals surface area contributed by atoms with Crippen LogP contribution in [0.2, 0.25) is 0 Å². The summed E-state index contributed by atoms with van der Waals surface area (Å²) in [4.78, 5) is 23.2. The van der Waals surface area contributed by atoms with E-state index >= 15 is 0 Å². The molecule has 7 heteroatoms. The Morgan fingerprint density at radius 1 is 0.931 bits per heavy atom. The van der Waals surface area contributed by atoms with Gasteiger partial charge in [0.1, 0.15) is 18.0 Å². The Labute approximate surface area is 164 Å². The number of nitrogens with one attached hydrogen (secondary N) is 1. The third kappa shape index (κ3) is 3.31. The standard InChI is InChI=1S/C22H15F2NO4/c23-17-9-10-18(20(24)19(17)21(26)27)25-22(28)29-11-16-14-7-3-1-5-12(14)13-6-2-4-8-15(13)16/h1-10,16H,11H2,(H,25,28)(H,26,27).